The molecular formula is C8H10ClNO. The molecule has 0 aromatic rings. The van der Waals surface area contributed by atoms with Crippen molar-refractivity contribution in [2.45, 2.75) is 13.3 Å². The minimum Gasteiger partial charge on any atom is -0.369 e. The quantitative estimate of drug-likeness (QED) is 0.640. The third kappa shape index (κ3) is 1.84. The Bertz CT molecular complexity index is 242. The summed E-state index contributed by atoms with van der Waals surface area (Å²) < 4.78 is 0. The lowest BCUT2D eigenvalue weighted by molar-refractivity contribution is -0.120. The maximum Gasteiger partial charge on any atom is 0.226 e. The number of carbonyl (C=O) groups excluding carboxylic acids is 1. The molecule has 3 heteroatoms. The summed E-state index contributed by atoms with van der Waals surface area (Å²) in [4.78, 5) is 10.7. The fourth-order valence-electron chi connectivity index (χ4n) is 1.05. The molecule has 0 saturated heterocycles. The molecule has 2 nitrogen and oxygen atoms in total. The Morgan fingerprint density at radius 1 is 1.82 bits per heavy atom. The Morgan fingerprint density at radius 3 is 2.91 bits per heavy atom. The lowest BCUT2D eigenvalue weighted by Crippen LogP contribution is -2.24. The van der Waals surface area contributed by atoms with Gasteiger partial charge in [0.2, 0.25) is 5.91 Å². The Hall–Kier alpha value is -0.760. The van der Waals surface area contributed by atoms with E-state index in [0.717, 1.165) is 5.57 Å². The zero-order valence-corrected chi connectivity index (χ0v) is 7.06. The van der Waals surface area contributed by atoms with Crippen LogP contribution in [0.25, 0.3) is 0 Å². The van der Waals surface area contributed by atoms with E-state index in [4.69, 9.17) is 17.3 Å². The fraction of sp³-hybridized carbons (Fsp3) is 0.375. The van der Waals surface area contributed by atoms with Gasteiger partial charge in [-0.15, -0.1) is 0 Å². The van der Waals surface area contributed by atoms with Crippen LogP contribution in [0, 0.1) is 5.92 Å². The van der Waals surface area contributed by atoms with Gasteiger partial charge in [0.25, 0.3) is 0 Å². The van der Waals surface area contributed by atoms with Gasteiger partial charge in [-0.2, -0.15) is 0 Å². The maximum atomic E-state index is 10.7. The number of carbonyl (C=O) groups is 1. The van der Waals surface area contributed by atoms with E-state index in [2.05, 4.69) is 0 Å². The minimum atomic E-state index is -0.352. The Morgan fingerprint density at radius 2 is 2.45 bits per heavy atom. The number of allylic oxidation sites excluding steroid dienone is 3. The van der Waals surface area contributed by atoms with Crippen molar-refractivity contribution < 1.29 is 4.79 Å². The molecule has 1 amide bonds. The Labute approximate surface area is 70.7 Å². The van der Waals surface area contributed by atoms with Crippen molar-refractivity contribution in [3.63, 3.8) is 0 Å². The first-order valence-electron chi connectivity index (χ1n) is 3.44. The monoisotopic (exact) mass is 171 g/mol. The molecule has 2 N–H and O–H groups in total. The molecule has 60 valence electrons. The van der Waals surface area contributed by atoms with Crippen LogP contribution in [0.3, 0.4) is 0 Å². The second-order valence-corrected chi connectivity index (χ2v) is 3.10. The standard InChI is InChI=1S/C8H10ClNO/c1-5-2-3-6(8(10)11)7(9)4-5/h2,4,6H,3H2,1H3,(H2,10,11). The van der Waals surface area contributed by atoms with Crippen molar-refractivity contribution in [2.75, 3.05) is 0 Å². The van der Waals surface area contributed by atoms with E-state index < -0.39 is 0 Å². The van der Waals surface area contributed by atoms with Crippen molar-refractivity contribution in [3.8, 4) is 0 Å². The van der Waals surface area contributed by atoms with Crippen molar-refractivity contribution in [1.82, 2.24) is 0 Å². The molecule has 0 radical (unpaired) electrons. The molecule has 0 aromatic heterocycles. The molecule has 0 spiro atoms. The van der Waals surface area contributed by atoms with Gasteiger partial charge in [-0.05, 0) is 19.4 Å². The minimum absolute atomic E-state index is 0.305. The Kier molecular flexibility index (Phi) is 2.35. The van der Waals surface area contributed by atoms with E-state index in [1.807, 2.05) is 13.0 Å². The van der Waals surface area contributed by atoms with Gasteiger partial charge >= 0.3 is 0 Å². The summed E-state index contributed by atoms with van der Waals surface area (Å²) in [5, 5.41) is 0.553. The zero-order valence-electron chi connectivity index (χ0n) is 6.30. The summed E-state index contributed by atoms with van der Waals surface area (Å²) in [5.74, 6) is -0.657. The van der Waals surface area contributed by atoms with E-state index in [1.165, 1.54) is 0 Å². The first kappa shape index (κ1) is 8.34. The molecular weight excluding hydrogens is 162 g/mol. The van der Waals surface area contributed by atoms with Crippen LogP contribution in [0.5, 0.6) is 0 Å². The van der Waals surface area contributed by atoms with Crippen LogP contribution in [0.4, 0.5) is 0 Å². The lowest BCUT2D eigenvalue weighted by Gasteiger charge is -2.14. The molecule has 0 aromatic carbocycles. The number of amides is 1. The molecule has 1 unspecified atom stereocenters. The van der Waals surface area contributed by atoms with Crippen molar-refractivity contribution in [2.24, 2.45) is 11.7 Å². The topological polar surface area (TPSA) is 43.1 Å². The van der Waals surface area contributed by atoms with E-state index >= 15 is 0 Å². The zero-order chi connectivity index (χ0) is 8.43. The summed E-state index contributed by atoms with van der Waals surface area (Å²) in [6.45, 7) is 1.94. The summed E-state index contributed by atoms with van der Waals surface area (Å²) in [5.41, 5.74) is 6.20. The first-order chi connectivity index (χ1) is 5.11. The van der Waals surface area contributed by atoms with Crippen LogP contribution in [0.1, 0.15) is 13.3 Å². The van der Waals surface area contributed by atoms with Crippen LogP contribution in [0.2, 0.25) is 0 Å². The molecule has 0 bridgehead atoms. The fourth-order valence-corrected chi connectivity index (χ4v) is 1.41. The van der Waals surface area contributed by atoms with Gasteiger partial charge in [-0.1, -0.05) is 23.3 Å². The van der Waals surface area contributed by atoms with Crippen LogP contribution >= 0.6 is 11.6 Å². The van der Waals surface area contributed by atoms with Crippen molar-refractivity contribution in [3.05, 3.63) is 22.8 Å². The second kappa shape index (κ2) is 3.09. The highest BCUT2D eigenvalue weighted by Crippen LogP contribution is 2.26. The van der Waals surface area contributed by atoms with E-state index in [-0.39, 0.29) is 11.8 Å². The highest BCUT2D eigenvalue weighted by atomic mass is 35.5. The summed E-state index contributed by atoms with van der Waals surface area (Å²) in [6, 6.07) is 0. The largest absolute Gasteiger partial charge is 0.369 e. The Balaban J connectivity index is 2.80. The molecule has 0 aliphatic heterocycles. The smallest absolute Gasteiger partial charge is 0.226 e. The number of hydrogen-bond donors (Lipinski definition) is 1. The molecule has 1 atom stereocenters. The highest BCUT2D eigenvalue weighted by Gasteiger charge is 2.20. The third-order valence-corrected chi connectivity index (χ3v) is 2.09. The van der Waals surface area contributed by atoms with Crippen LogP contribution in [-0.2, 0) is 4.79 Å². The average Bonchev–Trinajstić information content (AvgIpc) is 1.85. The average molecular weight is 172 g/mol. The number of rotatable bonds is 1. The van der Waals surface area contributed by atoms with Crippen LogP contribution in [-0.4, -0.2) is 5.91 Å². The molecule has 0 heterocycles. The number of primary amides is 1. The molecule has 1 aliphatic rings. The second-order valence-electron chi connectivity index (χ2n) is 2.67. The van der Waals surface area contributed by atoms with E-state index in [9.17, 15) is 4.79 Å². The van der Waals surface area contributed by atoms with Crippen molar-refractivity contribution >= 4 is 17.5 Å². The molecule has 1 aliphatic carbocycles. The normalized spacial score (nSPS) is 24.0. The first-order valence-corrected chi connectivity index (χ1v) is 3.82. The van der Waals surface area contributed by atoms with Gasteiger partial charge in [-0.25, -0.2) is 0 Å². The van der Waals surface area contributed by atoms with Gasteiger partial charge in [0.1, 0.15) is 0 Å². The number of nitrogens with two attached hydrogens (primary N) is 1. The number of halogens is 1. The summed E-state index contributed by atoms with van der Waals surface area (Å²) in [7, 11) is 0. The summed E-state index contributed by atoms with van der Waals surface area (Å²) in [6.07, 6.45) is 4.37. The van der Waals surface area contributed by atoms with E-state index in [0.29, 0.717) is 11.5 Å². The van der Waals surface area contributed by atoms with Crippen LogP contribution in [0.15, 0.2) is 22.8 Å². The van der Waals surface area contributed by atoms with Gasteiger partial charge in [0, 0.05) is 5.03 Å². The van der Waals surface area contributed by atoms with Gasteiger partial charge < -0.3 is 5.73 Å². The maximum absolute atomic E-state index is 10.7. The van der Waals surface area contributed by atoms with Crippen LogP contribution < -0.4 is 5.73 Å². The molecule has 0 saturated carbocycles. The SMILES string of the molecule is CC1=CCC(C(N)=O)C(Cl)=C1. The predicted molar refractivity (Wildman–Crippen MR) is 45.0 cm³/mol. The summed E-state index contributed by atoms with van der Waals surface area (Å²) >= 11 is 5.79. The van der Waals surface area contributed by atoms with Gasteiger partial charge in [0.05, 0.1) is 5.92 Å². The molecule has 1 rings (SSSR count). The van der Waals surface area contributed by atoms with E-state index in [1.54, 1.807) is 6.08 Å². The highest BCUT2D eigenvalue weighted by molar-refractivity contribution is 6.31. The predicted octanol–water partition coefficient (Wildman–Crippen LogP) is 1.56. The van der Waals surface area contributed by atoms with Gasteiger partial charge in [-0.3, -0.25) is 4.79 Å². The molecule has 11 heavy (non-hydrogen) atoms. The van der Waals surface area contributed by atoms with Gasteiger partial charge in [0.15, 0.2) is 0 Å². The number of hydrogen-bond acceptors (Lipinski definition) is 1. The molecule has 0 fully saturated rings. The van der Waals surface area contributed by atoms with Crippen molar-refractivity contribution in [1.29, 1.82) is 0 Å². The third-order valence-electron chi connectivity index (χ3n) is 1.72. The lowest BCUT2D eigenvalue weighted by atomic mass is 9.97.